The minimum absolute atomic E-state index is 0.294. The van der Waals surface area contributed by atoms with Gasteiger partial charge in [-0.25, -0.2) is 14.8 Å². The Morgan fingerprint density at radius 3 is 2.83 bits per heavy atom. The van der Waals surface area contributed by atoms with Gasteiger partial charge in [0.05, 0.1) is 30.7 Å². The van der Waals surface area contributed by atoms with E-state index in [-0.39, 0.29) is 0 Å². The summed E-state index contributed by atoms with van der Waals surface area (Å²) < 4.78 is 13.2. The van der Waals surface area contributed by atoms with E-state index in [1.807, 2.05) is 25.1 Å². The number of unbranched alkanes of at least 4 members (excludes halogenated alkanes) is 1. The van der Waals surface area contributed by atoms with E-state index in [4.69, 9.17) is 20.2 Å². The van der Waals surface area contributed by atoms with Gasteiger partial charge in [-0.05, 0) is 25.8 Å². The van der Waals surface area contributed by atoms with Gasteiger partial charge < -0.3 is 19.8 Å². The SMILES string of the molecule is CCOCc1nc2c(N)nc3ccccc3c2n1CCCCC(=O)[NH+]1CCOCC1. The summed E-state index contributed by atoms with van der Waals surface area (Å²) in [7, 11) is 0. The first kappa shape index (κ1) is 20.7. The van der Waals surface area contributed by atoms with Gasteiger partial charge >= 0.3 is 5.91 Å². The van der Waals surface area contributed by atoms with Crippen LogP contribution in [-0.4, -0.2) is 53.4 Å². The van der Waals surface area contributed by atoms with Crippen molar-refractivity contribution < 1.29 is 19.2 Å². The normalized spacial score (nSPS) is 15.2. The summed E-state index contributed by atoms with van der Waals surface area (Å²) in [5.74, 6) is 1.58. The molecule has 0 bridgehead atoms. The van der Waals surface area contributed by atoms with Crippen molar-refractivity contribution in [2.75, 3.05) is 38.6 Å². The zero-order chi connectivity index (χ0) is 20.9. The van der Waals surface area contributed by atoms with Crippen LogP contribution in [0.1, 0.15) is 32.0 Å². The average Bonchev–Trinajstić information content (AvgIpc) is 3.15. The van der Waals surface area contributed by atoms with Gasteiger partial charge in [0.1, 0.15) is 31.0 Å². The van der Waals surface area contributed by atoms with E-state index in [0.717, 1.165) is 65.1 Å². The van der Waals surface area contributed by atoms with Crippen molar-refractivity contribution in [1.29, 1.82) is 0 Å². The van der Waals surface area contributed by atoms with E-state index in [2.05, 4.69) is 15.6 Å². The molecule has 4 rings (SSSR count). The number of aromatic nitrogens is 3. The van der Waals surface area contributed by atoms with Crippen LogP contribution < -0.4 is 10.6 Å². The number of benzene rings is 1. The third-order valence-corrected chi connectivity index (χ3v) is 5.65. The standard InChI is InChI=1S/C22H29N5O3/c1-2-29-15-18-25-20-21(16-7-3-4-8-17(16)24-22(20)23)27(18)10-6-5-9-19(28)26-11-13-30-14-12-26/h3-4,7-8H,2,5-6,9-15H2,1H3,(H2,23,24)/p+1. The lowest BCUT2D eigenvalue weighted by Crippen LogP contribution is -3.16. The summed E-state index contributed by atoms with van der Waals surface area (Å²) in [6, 6.07) is 7.98. The van der Waals surface area contributed by atoms with E-state index in [1.165, 1.54) is 0 Å². The second-order valence-corrected chi connectivity index (χ2v) is 7.62. The molecule has 1 fully saturated rings. The van der Waals surface area contributed by atoms with Crippen LogP contribution in [0.5, 0.6) is 0 Å². The number of hydrogen-bond donors (Lipinski definition) is 2. The number of hydrogen-bond acceptors (Lipinski definition) is 6. The van der Waals surface area contributed by atoms with Crippen LogP contribution in [0.15, 0.2) is 24.3 Å². The zero-order valence-corrected chi connectivity index (χ0v) is 17.5. The summed E-state index contributed by atoms with van der Waals surface area (Å²) in [5, 5.41) is 1.03. The molecule has 0 saturated carbocycles. The number of imidazole rings is 1. The van der Waals surface area contributed by atoms with Gasteiger partial charge in [0.25, 0.3) is 0 Å². The van der Waals surface area contributed by atoms with Crippen molar-refractivity contribution in [1.82, 2.24) is 14.5 Å². The molecule has 3 aromatic rings. The summed E-state index contributed by atoms with van der Waals surface area (Å²) in [6.45, 7) is 6.68. The number of rotatable bonds is 8. The van der Waals surface area contributed by atoms with E-state index in [0.29, 0.717) is 44.6 Å². The molecule has 0 atom stereocenters. The molecule has 1 aliphatic heterocycles. The minimum atomic E-state index is 0.294. The maximum absolute atomic E-state index is 12.4. The molecule has 1 saturated heterocycles. The Kier molecular flexibility index (Phi) is 6.56. The van der Waals surface area contributed by atoms with E-state index in [9.17, 15) is 4.79 Å². The van der Waals surface area contributed by atoms with Crippen LogP contribution in [0, 0.1) is 0 Å². The number of carbonyl (C=O) groups excluding carboxylic acids is 1. The van der Waals surface area contributed by atoms with E-state index >= 15 is 0 Å². The van der Waals surface area contributed by atoms with Gasteiger partial charge in [-0.3, -0.25) is 4.90 Å². The average molecular weight is 413 g/mol. The van der Waals surface area contributed by atoms with Gasteiger partial charge in [-0.1, -0.05) is 18.2 Å². The third kappa shape index (κ3) is 4.30. The summed E-state index contributed by atoms with van der Waals surface area (Å²) in [6.07, 6.45) is 2.32. The number of amides is 1. The number of para-hydroxylation sites is 1. The number of anilines is 1. The molecular formula is C22H30N5O3+. The molecule has 2 aromatic heterocycles. The minimum Gasteiger partial charge on any atom is -0.382 e. The van der Waals surface area contributed by atoms with Crippen molar-refractivity contribution in [2.45, 2.75) is 39.3 Å². The number of nitrogens with two attached hydrogens (primary N) is 1. The van der Waals surface area contributed by atoms with Crippen molar-refractivity contribution in [3.05, 3.63) is 30.1 Å². The Labute approximate surface area is 176 Å². The van der Waals surface area contributed by atoms with Gasteiger partial charge in [-0.15, -0.1) is 0 Å². The monoisotopic (exact) mass is 412 g/mol. The first-order valence-corrected chi connectivity index (χ1v) is 10.8. The number of nitrogen functional groups attached to an aromatic ring is 1. The van der Waals surface area contributed by atoms with Crippen LogP contribution in [0.25, 0.3) is 21.9 Å². The molecule has 0 unspecified atom stereocenters. The zero-order valence-electron chi connectivity index (χ0n) is 17.5. The second-order valence-electron chi connectivity index (χ2n) is 7.62. The highest BCUT2D eigenvalue weighted by Crippen LogP contribution is 2.29. The first-order valence-electron chi connectivity index (χ1n) is 10.8. The number of nitrogens with zero attached hydrogens (tertiary/aromatic N) is 3. The van der Waals surface area contributed by atoms with Crippen LogP contribution in [-0.2, 0) is 27.4 Å². The number of pyridine rings is 1. The van der Waals surface area contributed by atoms with Gasteiger partial charge in [0, 0.05) is 18.5 Å². The van der Waals surface area contributed by atoms with Crippen molar-refractivity contribution >= 4 is 33.7 Å². The Morgan fingerprint density at radius 2 is 2.03 bits per heavy atom. The number of fused-ring (bicyclic) bond motifs is 3. The Bertz CT molecular complexity index is 1030. The number of aryl methyl sites for hydroxylation is 1. The molecule has 0 radical (unpaired) electrons. The molecule has 1 amide bonds. The lowest BCUT2D eigenvalue weighted by atomic mass is 10.1. The van der Waals surface area contributed by atoms with Crippen LogP contribution in [0.3, 0.4) is 0 Å². The predicted octanol–water partition coefficient (Wildman–Crippen LogP) is 1.32. The summed E-state index contributed by atoms with van der Waals surface area (Å²) in [5.41, 5.74) is 8.80. The molecule has 1 aliphatic rings. The fourth-order valence-electron chi connectivity index (χ4n) is 4.08. The number of ether oxygens (including phenoxy) is 2. The highest BCUT2D eigenvalue weighted by atomic mass is 16.5. The number of morpholine rings is 1. The maximum atomic E-state index is 12.4. The van der Waals surface area contributed by atoms with Crippen molar-refractivity contribution in [3.63, 3.8) is 0 Å². The second kappa shape index (κ2) is 9.51. The van der Waals surface area contributed by atoms with Crippen LogP contribution in [0.2, 0.25) is 0 Å². The summed E-state index contributed by atoms with van der Waals surface area (Å²) in [4.78, 5) is 22.7. The van der Waals surface area contributed by atoms with Gasteiger partial charge in [-0.2, -0.15) is 0 Å². The van der Waals surface area contributed by atoms with Crippen LogP contribution >= 0.6 is 0 Å². The number of carbonyl (C=O) groups is 1. The maximum Gasteiger partial charge on any atom is 0.312 e. The molecule has 8 heteroatoms. The Morgan fingerprint density at radius 1 is 1.23 bits per heavy atom. The lowest BCUT2D eigenvalue weighted by molar-refractivity contribution is -0.830. The largest absolute Gasteiger partial charge is 0.382 e. The van der Waals surface area contributed by atoms with E-state index < -0.39 is 0 Å². The predicted molar refractivity (Wildman–Crippen MR) is 115 cm³/mol. The summed E-state index contributed by atoms with van der Waals surface area (Å²) >= 11 is 0. The Hall–Kier alpha value is -2.55. The molecule has 3 N–H and O–H groups in total. The number of nitrogens with one attached hydrogen (secondary N) is 1. The van der Waals surface area contributed by atoms with Gasteiger partial charge in [0.2, 0.25) is 0 Å². The molecule has 30 heavy (non-hydrogen) atoms. The molecule has 1 aromatic carbocycles. The fourth-order valence-corrected chi connectivity index (χ4v) is 4.08. The molecule has 160 valence electrons. The smallest absolute Gasteiger partial charge is 0.312 e. The Balaban J connectivity index is 1.54. The molecule has 0 spiro atoms. The topological polar surface area (TPSA) is 96.7 Å². The third-order valence-electron chi connectivity index (χ3n) is 5.65. The fraction of sp³-hybridized carbons (Fsp3) is 0.500. The highest BCUT2D eigenvalue weighted by molar-refractivity contribution is 6.06. The molecule has 8 nitrogen and oxygen atoms in total. The molecule has 3 heterocycles. The number of quaternary nitrogens is 1. The molecule has 0 aliphatic carbocycles. The van der Waals surface area contributed by atoms with Crippen LogP contribution in [0.4, 0.5) is 5.82 Å². The van der Waals surface area contributed by atoms with Crippen molar-refractivity contribution in [3.8, 4) is 0 Å². The van der Waals surface area contributed by atoms with E-state index in [1.54, 1.807) is 0 Å². The lowest BCUT2D eigenvalue weighted by Gasteiger charge is -2.21. The highest BCUT2D eigenvalue weighted by Gasteiger charge is 2.22. The molecular weight excluding hydrogens is 382 g/mol. The quantitative estimate of drug-likeness (QED) is 0.542. The van der Waals surface area contributed by atoms with Crippen molar-refractivity contribution in [2.24, 2.45) is 0 Å². The van der Waals surface area contributed by atoms with Gasteiger partial charge in [0.15, 0.2) is 5.82 Å². The first-order chi connectivity index (χ1) is 14.7.